The molecular formula is C9H10N4. The Morgan fingerprint density at radius 2 is 1.85 bits per heavy atom. The van der Waals surface area contributed by atoms with Gasteiger partial charge in [0.05, 0.1) is 0 Å². The van der Waals surface area contributed by atoms with Gasteiger partial charge < -0.3 is 0 Å². The third-order valence-electron chi connectivity index (χ3n) is 1.85. The van der Waals surface area contributed by atoms with E-state index < -0.39 is 0 Å². The Morgan fingerprint density at radius 3 is 2.46 bits per heavy atom. The van der Waals surface area contributed by atoms with Crippen molar-refractivity contribution < 1.29 is 0 Å². The van der Waals surface area contributed by atoms with Crippen molar-refractivity contribution in [1.82, 2.24) is 19.7 Å². The molecule has 4 nitrogen and oxygen atoms in total. The van der Waals surface area contributed by atoms with Crippen LogP contribution in [0.2, 0.25) is 0 Å². The van der Waals surface area contributed by atoms with Gasteiger partial charge in [0, 0.05) is 6.20 Å². The van der Waals surface area contributed by atoms with Crippen molar-refractivity contribution in [2.45, 2.75) is 13.8 Å². The Kier molecular flexibility index (Phi) is 1.81. The summed E-state index contributed by atoms with van der Waals surface area (Å²) in [6.07, 6.45) is 5.12. The molecule has 0 amide bonds. The number of nitrogens with zero attached hydrogens (tertiary/aromatic N) is 4. The van der Waals surface area contributed by atoms with E-state index >= 15 is 0 Å². The Hall–Kier alpha value is -1.71. The molecule has 2 aromatic heterocycles. The molecule has 0 fully saturated rings. The standard InChI is InChI=1S/C9H10N4/c1-7-3-8(2)9(10-4-7)13-5-11-12-6-13/h3-6H,1-2H3. The minimum Gasteiger partial charge on any atom is -0.272 e. The summed E-state index contributed by atoms with van der Waals surface area (Å²) in [5.41, 5.74) is 2.29. The Morgan fingerprint density at radius 1 is 1.15 bits per heavy atom. The fourth-order valence-corrected chi connectivity index (χ4v) is 1.29. The van der Waals surface area contributed by atoms with E-state index in [-0.39, 0.29) is 0 Å². The van der Waals surface area contributed by atoms with Crippen LogP contribution in [0.3, 0.4) is 0 Å². The Balaban J connectivity index is 2.53. The Bertz CT molecular complexity index is 406. The number of pyridine rings is 1. The van der Waals surface area contributed by atoms with Crippen LogP contribution in [0.5, 0.6) is 0 Å². The van der Waals surface area contributed by atoms with E-state index in [9.17, 15) is 0 Å². The molecule has 0 atom stereocenters. The van der Waals surface area contributed by atoms with Crippen molar-refractivity contribution in [3.05, 3.63) is 36.0 Å². The maximum atomic E-state index is 4.30. The van der Waals surface area contributed by atoms with Crippen molar-refractivity contribution >= 4 is 0 Å². The highest BCUT2D eigenvalue weighted by Gasteiger charge is 2.01. The predicted molar refractivity (Wildman–Crippen MR) is 48.6 cm³/mol. The SMILES string of the molecule is Cc1cnc(-n2cnnc2)c(C)c1. The second kappa shape index (κ2) is 2.97. The maximum Gasteiger partial charge on any atom is 0.142 e. The average molecular weight is 174 g/mol. The van der Waals surface area contributed by atoms with Crippen LogP contribution >= 0.6 is 0 Å². The van der Waals surface area contributed by atoms with Gasteiger partial charge in [-0.15, -0.1) is 10.2 Å². The highest BCUT2D eigenvalue weighted by Crippen LogP contribution is 2.10. The van der Waals surface area contributed by atoms with Crippen LogP contribution in [0.4, 0.5) is 0 Å². The summed E-state index contributed by atoms with van der Waals surface area (Å²) in [7, 11) is 0. The number of hydrogen-bond donors (Lipinski definition) is 0. The van der Waals surface area contributed by atoms with Gasteiger partial charge in [-0.25, -0.2) is 4.98 Å². The van der Waals surface area contributed by atoms with Gasteiger partial charge in [-0.1, -0.05) is 6.07 Å². The van der Waals surface area contributed by atoms with Crippen molar-refractivity contribution in [2.24, 2.45) is 0 Å². The molecule has 0 aromatic carbocycles. The quantitative estimate of drug-likeness (QED) is 0.654. The fraction of sp³-hybridized carbons (Fsp3) is 0.222. The summed E-state index contributed by atoms with van der Waals surface area (Å²) in [6.45, 7) is 4.05. The second-order valence-corrected chi connectivity index (χ2v) is 3.02. The molecule has 0 unspecified atom stereocenters. The molecule has 0 bridgehead atoms. The van der Waals surface area contributed by atoms with E-state index in [1.807, 2.05) is 20.0 Å². The summed E-state index contributed by atoms with van der Waals surface area (Å²) in [5, 5.41) is 7.47. The fourth-order valence-electron chi connectivity index (χ4n) is 1.29. The van der Waals surface area contributed by atoms with Gasteiger partial charge in [-0.2, -0.15) is 0 Å². The van der Waals surface area contributed by atoms with Crippen LogP contribution < -0.4 is 0 Å². The molecular weight excluding hydrogens is 164 g/mol. The van der Waals surface area contributed by atoms with E-state index in [4.69, 9.17) is 0 Å². The van der Waals surface area contributed by atoms with Gasteiger partial charge in [-0.05, 0) is 25.0 Å². The monoisotopic (exact) mass is 174 g/mol. The lowest BCUT2D eigenvalue weighted by molar-refractivity contribution is 0.967. The smallest absolute Gasteiger partial charge is 0.142 e. The first kappa shape index (κ1) is 7.91. The van der Waals surface area contributed by atoms with Crippen LogP contribution in [0.25, 0.3) is 5.82 Å². The predicted octanol–water partition coefficient (Wildman–Crippen LogP) is 1.28. The van der Waals surface area contributed by atoms with E-state index in [1.165, 1.54) is 0 Å². The maximum absolute atomic E-state index is 4.30. The highest BCUT2D eigenvalue weighted by atomic mass is 15.2. The van der Waals surface area contributed by atoms with Gasteiger partial charge >= 0.3 is 0 Å². The molecule has 66 valence electrons. The first-order chi connectivity index (χ1) is 6.27. The minimum absolute atomic E-state index is 0.885. The van der Waals surface area contributed by atoms with Gasteiger partial charge in [0.15, 0.2) is 0 Å². The van der Waals surface area contributed by atoms with Crippen LogP contribution in [0.1, 0.15) is 11.1 Å². The first-order valence-electron chi connectivity index (χ1n) is 4.05. The molecule has 0 saturated carbocycles. The summed E-state index contributed by atoms with van der Waals surface area (Å²) in [5.74, 6) is 0.885. The third-order valence-corrected chi connectivity index (χ3v) is 1.85. The number of aromatic nitrogens is 4. The van der Waals surface area contributed by atoms with E-state index in [2.05, 4.69) is 21.2 Å². The van der Waals surface area contributed by atoms with Crippen molar-refractivity contribution in [2.75, 3.05) is 0 Å². The van der Waals surface area contributed by atoms with Gasteiger partial charge in [0.25, 0.3) is 0 Å². The topological polar surface area (TPSA) is 43.6 Å². The summed E-state index contributed by atoms with van der Waals surface area (Å²) in [4.78, 5) is 4.30. The molecule has 0 saturated heterocycles. The lowest BCUT2D eigenvalue weighted by atomic mass is 10.2. The van der Waals surface area contributed by atoms with Crippen LogP contribution in [0.15, 0.2) is 24.9 Å². The molecule has 0 radical (unpaired) electrons. The average Bonchev–Trinajstić information content (AvgIpc) is 2.56. The number of rotatable bonds is 1. The summed E-state index contributed by atoms with van der Waals surface area (Å²) < 4.78 is 1.80. The van der Waals surface area contributed by atoms with Crippen molar-refractivity contribution in [3.8, 4) is 5.82 Å². The van der Waals surface area contributed by atoms with Crippen LogP contribution in [0, 0.1) is 13.8 Å². The van der Waals surface area contributed by atoms with Gasteiger partial charge in [0.1, 0.15) is 18.5 Å². The van der Waals surface area contributed by atoms with Crippen LogP contribution in [-0.2, 0) is 0 Å². The minimum atomic E-state index is 0.885. The van der Waals surface area contributed by atoms with E-state index in [0.29, 0.717) is 0 Å². The summed E-state index contributed by atoms with van der Waals surface area (Å²) >= 11 is 0. The number of aryl methyl sites for hydroxylation is 2. The van der Waals surface area contributed by atoms with Crippen LogP contribution in [-0.4, -0.2) is 19.7 Å². The normalized spacial score (nSPS) is 10.3. The second-order valence-electron chi connectivity index (χ2n) is 3.02. The zero-order chi connectivity index (χ0) is 9.26. The molecule has 13 heavy (non-hydrogen) atoms. The zero-order valence-corrected chi connectivity index (χ0v) is 7.60. The molecule has 4 heteroatoms. The molecule has 2 aromatic rings. The van der Waals surface area contributed by atoms with Gasteiger partial charge in [0.2, 0.25) is 0 Å². The molecule has 0 aliphatic carbocycles. The van der Waals surface area contributed by atoms with Gasteiger partial charge in [-0.3, -0.25) is 4.57 Å². The molecule has 2 rings (SSSR count). The van der Waals surface area contributed by atoms with E-state index in [1.54, 1.807) is 17.2 Å². The molecule has 0 aliphatic heterocycles. The number of hydrogen-bond acceptors (Lipinski definition) is 3. The molecule has 0 aliphatic rings. The van der Waals surface area contributed by atoms with Crippen molar-refractivity contribution in [3.63, 3.8) is 0 Å². The third kappa shape index (κ3) is 1.42. The molecule has 0 N–H and O–H groups in total. The van der Waals surface area contributed by atoms with E-state index in [0.717, 1.165) is 16.9 Å². The Labute approximate surface area is 76.3 Å². The zero-order valence-electron chi connectivity index (χ0n) is 7.60. The first-order valence-corrected chi connectivity index (χ1v) is 4.05. The largest absolute Gasteiger partial charge is 0.272 e. The lowest BCUT2D eigenvalue weighted by Crippen LogP contribution is -1.97. The highest BCUT2D eigenvalue weighted by molar-refractivity contribution is 5.34. The van der Waals surface area contributed by atoms with Crippen molar-refractivity contribution in [1.29, 1.82) is 0 Å². The molecule has 0 spiro atoms. The summed E-state index contributed by atoms with van der Waals surface area (Å²) in [6, 6.07) is 2.09. The lowest BCUT2D eigenvalue weighted by Gasteiger charge is -2.04. The molecule has 2 heterocycles.